The average Bonchev–Trinajstić information content (AvgIpc) is 3.18. The van der Waals surface area contributed by atoms with Gasteiger partial charge in [0.2, 0.25) is 0 Å². The first-order chi connectivity index (χ1) is 10.8. The normalized spacial score (nSPS) is 12.3. The lowest BCUT2D eigenvalue weighted by Crippen LogP contribution is -2.17. The Labute approximate surface area is 128 Å². The summed E-state index contributed by atoms with van der Waals surface area (Å²) in [6.07, 6.45) is 6.82. The largest absolute Gasteiger partial charge is 0.464 e. The predicted octanol–water partition coefficient (Wildman–Crippen LogP) is 2.36. The molecule has 1 atom stereocenters. The summed E-state index contributed by atoms with van der Waals surface area (Å²) in [7, 11) is 1.65. The molecule has 7 nitrogen and oxygen atoms in total. The van der Waals surface area contributed by atoms with Gasteiger partial charge in [0.05, 0.1) is 19.0 Å². The van der Waals surface area contributed by atoms with Crippen LogP contribution in [0.3, 0.4) is 0 Å². The van der Waals surface area contributed by atoms with Crippen molar-refractivity contribution in [1.29, 1.82) is 0 Å². The molecule has 0 saturated carbocycles. The standard InChI is InChI=1S/C15H17N5O2/c1-11-4-5-13(22-11)12(10-21-2)18-14-8-16-9-15(19-14)20-7-3-6-17-20/h3-9,12H,10H2,1-2H3,(H,18,19)/t12-/m1/s1. The number of rotatable bonds is 6. The molecule has 0 aromatic carbocycles. The van der Waals surface area contributed by atoms with Crippen molar-refractivity contribution in [3.63, 3.8) is 0 Å². The molecule has 3 rings (SSSR count). The summed E-state index contributed by atoms with van der Waals surface area (Å²) in [6.45, 7) is 2.37. The minimum Gasteiger partial charge on any atom is -0.464 e. The van der Waals surface area contributed by atoms with Gasteiger partial charge in [-0.15, -0.1) is 0 Å². The van der Waals surface area contributed by atoms with E-state index in [4.69, 9.17) is 9.15 Å². The number of ether oxygens (including phenoxy) is 1. The number of hydrogen-bond acceptors (Lipinski definition) is 6. The van der Waals surface area contributed by atoms with Crippen LogP contribution in [0.25, 0.3) is 5.82 Å². The summed E-state index contributed by atoms with van der Waals surface area (Å²) < 4.78 is 12.6. The average molecular weight is 299 g/mol. The summed E-state index contributed by atoms with van der Waals surface area (Å²) >= 11 is 0. The third-order valence-electron chi connectivity index (χ3n) is 3.12. The van der Waals surface area contributed by atoms with Crippen LogP contribution in [0.15, 0.2) is 47.4 Å². The molecule has 3 aromatic heterocycles. The van der Waals surface area contributed by atoms with Gasteiger partial charge in [0.25, 0.3) is 0 Å². The number of furan rings is 1. The van der Waals surface area contributed by atoms with Crippen LogP contribution in [-0.4, -0.2) is 33.5 Å². The lowest BCUT2D eigenvalue weighted by Gasteiger charge is -2.16. The monoisotopic (exact) mass is 299 g/mol. The van der Waals surface area contributed by atoms with E-state index < -0.39 is 0 Å². The highest BCUT2D eigenvalue weighted by molar-refractivity contribution is 5.38. The van der Waals surface area contributed by atoms with Crippen LogP contribution in [-0.2, 0) is 4.74 Å². The van der Waals surface area contributed by atoms with Crippen molar-refractivity contribution in [2.45, 2.75) is 13.0 Å². The van der Waals surface area contributed by atoms with Gasteiger partial charge in [-0.05, 0) is 25.1 Å². The van der Waals surface area contributed by atoms with Crippen LogP contribution >= 0.6 is 0 Å². The van der Waals surface area contributed by atoms with Gasteiger partial charge in [0.1, 0.15) is 23.4 Å². The fourth-order valence-corrected chi connectivity index (χ4v) is 2.12. The molecular weight excluding hydrogens is 282 g/mol. The molecule has 0 saturated heterocycles. The molecule has 0 aliphatic rings. The number of methoxy groups -OCH3 is 1. The van der Waals surface area contributed by atoms with E-state index in [0.717, 1.165) is 11.5 Å². The quantitative estimate of drug-likeness (QED) is 0.753. The molecule has 22 heavy (non-hydrogen) atoms. The van der Waals surface area contributed by atoms with Crippen molar-refractivity contribution in [1.82, 2.24) is 19.7 Å². The Morgan fingerprint density at radius 3 is 2.95 bits per heavy atom. The number of nitrogens with one attached hydrogen (secondary N) is 1. The third kappa shape index (κ3) is 3.15. The van der Waals surface area contributed by atoms with Gasteiger partial charge in [0.15, 0.2) is 5.82 Å². The summed E-state index contributed by atoms with van der Waals surface area (Å²) in [5.74, 6) is 2.92. The first-order valence-corrected chi connectivity index (χ1v) is 6.90. The maximum absolute atomic E-state index is 5.66. The SMILES string of the molecule is COC[C@@H](Nc1cncc(-n2cccn2)n1)c1ccc(C)o1. The zero-order valence-electron chi connectivity index (χ0n) is 12.4. The van der Waals surface area contributed by atoms with E-state index in [1.165, 1.54) is 0 Å². The van der Waals surface area contributed by atoms with E-state index >= 15 is 0 Å². The number of anilines is 1. The molecule has 3 heterocycles. The molecule has 0 fully saturated rings. The molecular formula is C15H17N5O2. The van der Waals surface area contributed by atoms with Crippen LogP contribution in [0.2, 0.25) is 0 Å². The van der Waals surface area contributed by atoms with Crippen LogP contribution in [0, 0.1) is 6.92 Å². The van der Waals surface area contributed by atoms with E-state index in [2.05, 4.69) is 20.4 Å². The Hall–Kier alpha value is -2.67. The zero-order valence-corrected chi connectivity index (χ0v) is 12.4. The Morgan fingerprint density at radius 1 is 1.36 bits per heavy atom. The van der Waals surface area contributed by atoms with E-state index in [0.29, 0.717) is 18.2 Å². The van der Waals surface area contributed by atoms with Crippen molar-refractivity contribution in [2.24, 2.45) is 0 Å². The van der Waals surface area contributed by atoms with Crippen LogP contribution in [0.4, 0.5) is 5.82 Å². The summed E-state index contributed by atoms with van der Waals surface area (Å²) in [5, 5.41) is 7.43. The second-order valence-corrected chi connectivity index (χ2v) is 4.81. The van der Waals surface area contributed by atoms with E-state index in [1.807, 2.05) is 31.3 Å². The molecule has 0 unspecified atom stereocenters. The fraction of sp³-hybridized carbons (Fsp3) is 0.267. The smallest absolute Gasteiger partial charge is 0.173 e. The van der Waals surface area contributed by atoms with Crippen molar-refractivity contribution in [2.75, 3.05) is 19.0 Å². The van der Waals surface area contributed by atoms with E-state index in [-0.39, 0.29) is 6.04 Å². The summed E-state index contributed by atoms with van der Waals surface area (Å²) in [5.41, 5.74) is 0. The molecule has 7 heteroatoms. The van der Waals surface area contributed by atoms with Crippen molar-refractivity contribution in [3.05, 3.63) is 54.5 Å². The van der Waals surface area contributed by atoms with Crippen molar-refractivity contribution in [3.8, 4) is 5.82 Å². The predicted molar refractivity (Wildman–Crippen MR) is 80.8 cm³/mol. The molecule has 0 aliphatic carbocycles. The molecule has 3 aromatic rings. The number of hydrogen-bond donors (Lipinski definition) is 1. The Kier molecular flexibility index (Phi) is 4.15. The molecule has 0 aliphatic heterocycles. The van der Waals surface area contributed by atoms with Crippen LogP contribution in [0.1, 0.15) is 17.6 Å². The third-order valence-corrected chi connectivity index (χ3v) is 3.12. The lowest BCUT2D eigenvalue weighted by atomic mass is 10.2. The number of nitrogens with zero attached hydrogens (tertiary/aromatic N) is 4. The number of aromatic nitrogens is 4. The topological polar surface area (TPSA) is 78.0 Å². The Bertz CT molecular complexity index is 723. The molecule has 1 N–H and O–H groups in total. The zero-order chi connectivity index (χ0) is 15.4. The Morgan fingerprint density at radius 2 is 2.27 bits per heavy atom. The highest BCUT2D eigenvalue weighted by Crippen LogP contribution is 2.21. The maximum atomic E-state index is 5.66. The molecule has 0 spiro atoms. The number of aryl methyl sites for hydroxylation is 1. The van der Waals surface area contributed by atoms with Crippen molar-refractivity contribution >= 4 is 5.82 Å². The van der Waals surface area contributed by atoms with Gasteiger partial charge in [-0.25, -0.2) is 9.67 Å². The highest BCUT2D eigenvalue weighted by atomic mass is 16.5. The summed E-state index contributed by atoms with van der Waals surface area (Å²) in [6, 6.07) is 5.55. The van der Waals surface area contributed by atoms with Crippen LogP contribution in [0.5, 0.6) is 0 Å². The van der Waals surface area contributed by atoms with E-state index in [1.54, 1.807) is 30.4 Å². The lowest BCUT2D eigenvalue weighted by molar-refractivity contribution is 0.178. The fourth-order valence-electron chi connectivity index (χ4n) is 2.12. The molecule has 0 radical (unpaired) electrons. The van der Waals surface area contributed by atoms with Crippen LogP contribution < -0.4 is 5.32 Å². The molecule has 0 amide bonds. The van der Waals surface area contributed by atoms with Gasteiger partial charge < -0.3 is 14.5 Å². The molecule has 114 valence electrons. The second-order valence-electron chi connectivity index (χ2n) is 4.81. The van der Waals surface area contributed by atoms with Crippen molar-refractivity contribution < 1.29 is 9.15 Å². The van der Waals surface area contributed by atoms with Gasteiger partial charge in [-0.1, -0.05) is 0 Å². The maximum Gasteiger partial charge on any atom is 0.173 e. The van der Waals surface area contributed by atoms with Gasteiger partial charge in [-0.2, -0.15) is 5.10 Å². The second kappa shape index (κ2) is 6.40. The van der Waals surface area contributed by atoms with E-state index in [9.17, 15) is 0 Å². The minimum absolute atomic E-state index is 0.138. The minimum atomic E-state index is -0.138. The summed E-state index contributed by atoms with van der Waals surface area (Å²) in [4.78, 5) is 8.69. The highest BCUT2D eigenvalue weighted by Gasteiger charge is 2.16. The van der Waals surface area contributed by atoms with Gasteiger partial charge in [-0.3, -0.25) is 4.98 Å². The van der Waals surface area contributed by atoms with Gasteiger partial charge in [0, 0.05) is 19.5 Å². The first-order valence-electron chi connectivity index (χ1n) is 6.90. The Balaban J connectivity index is 1.82. The molecule has 0 bridgehead atoms. The van der Waals surface area contributed by atoms with Gasteiger partial charge >= 0.3 is 0 Å². The first kappa shape index (κ1) is 14.3.